The Hall–Kier alpha value is -0.120. The Balaban J connectivity index is 3.17. The predicted octanol–water partition coefficient (Wildman–Crippen LogP) is 4.50. The summed E-state index contributed by atoms with van der Waals surface area (Å²) in [6, 6.07) is 6.29. The molecular formula is C13H17FI. The van der Waals surface area contributed by atoms with Crippen molar-refractivity contribution in [2.45, 2.75) is 33.1 Å². The van der Waals surface area contributed by atoms with Gasteiger partial charge in [0.05, 0.1) is 6.67 Å². The second-order valence-corrected chi connectivity index (χ2v) is 6.14. The molecule has 0 amide bonds. The Morgan fingerprint density at radius 3 is 2.33 bits per heavy atom. The van der Waals surface area contributed by atoms with Gasteiger partial charge < -0.3 is 0 Å². The molecule has 0 unspecified atom stereocenters. The zero-order chi connectivity index (χ0) is 11.6. The van der Waals surface area contributed by atoms with E-state index in [4.69, 9.17) is 0 Å². The van der Waals surface area contributed by atoms with Crippen molar-refractivity contribution >= 4 is 22.6 Å². The normalized spacial score (nSPS) is 12.2. The molecule has 0 nitrogen and oxygen atoms in total. The van der Waals surface area contributed by atoms with E-state index in [0.717, 1.165) is 11.5 Å². The van der Waals surface area contributed by atoms with Crippen molar-refractivity contribution in [2.75, 3.05) is 6.67 Å². The quantitative estimate of drug-likeness (QED) is 0.704. The molecular weight excluding hydrogens is 302 g/mol. The minimum Gasteiger partial charge on any atom is -0.250 e. The summed E-state index contributed by atoms with van der Waals surface area (Å²) in [5, 5.41) is 0. The molecule has 1 aromatic carbocycles. The van der Waals surface area contributed by atoms with Gasteiger partial charge in [-0.25, -0.2) is 0 Å². The summed E-state index contributed by atoms with van der Waals surface area (Å²) in [5.74, 6) is 0.805. The number of benzene rings is 1. The Morgan fingerprint density at radius 2 is 1.87 bits per heavy atom. The predicted molar refractivity (Wildman–Crippen MR) is 71.9 cm³/mol. The smallest absolute Gasteiger partial charge is 0.0997 e. The number of hydrogen-bond acceptors (Lipinski definition) is 0. The van der Waals surface area contributed by atoms with Gasteiger partial charge in [-0.15, -0.1) is 0 Å². The average Bonchev–Trinajstić information content (AvgIpc) is 2.14. The minimum absolute atomic E-state index is 0.118. The van der Waals surface area contributed by atoms with Crippen molar-refractivity contribution in [3.8, 4) is 0 Å². The second kappa shape index (κ2) is 4.81. The molecule has 0 saturated carbocycles. The van der Waals surface area contributed by atoms with Crippen LogP contribution >= 0.6 is 22.6 Å². The van der Waals surface area contributed by atoms with Gasteiger partial charge in [-0.2, -0.15) is 0 Å². The third-order valence-electron chi connectivity index (χ3n) is 2.46. The van der Waals surface area contributed by atoms with Crippen LogP contribution < -0.4 is 0 Å². The van der Waals surface area contributed by atoms with Gasteiger partial charge in [0.25, 0.3) is 0 Å². The minimum atomic E-state index is -0.371. The van der Waals surface area contributed by atoms with Crippen LogP contribution in [-0.2, 0) is 5.41 Å². The van der Waals surface area contributed by atoms with Crippen LogP contribution in [0.3, 0.4) is 0 Å². The number of alkyl halides is 1. The molecule has 15 heavy (non-hydrogen) atoms. The van der Waals surface area contributed by atoms with Crippen LogP contribution in [0.15, 0.2) is 18.2 Å². The molecule has 0 bridgehead atoms. The molecule has 1 rings (SSSR count). The Morgan fingerprint density at radius 1 is 1.27 bits per heavy atom. The van der Waals surface area contributed by atoms with Crippen molar-refractivity contribution in [3.63, 3.8) is 0 Å². The summed E-state index contributed by atoms with van der Waals surface area (Å²) in [7, 11) is 0. The van der Waals surface area contributed by atoms with Crippen LogP contribution in [0.1, 0.15) is 38.8 Å². The monoisotopic (exact) mass is 319 g/mol. The summed E-state index contributed by atoms with van der Waals surface area (Å²) in [6.07, 6.45) is 0. The van der Waals surface area contributed by atoms with E-state index in [9.17, 15) is 4.39 Å². The molecule has 0 N–H and O–H groups in total. The van der Waals surface area contributed by atoms with Crippen LogP contribution in [0.5, 0.6) is 0 Å². The van der Waals surface area contributed by atoms with Crippen LogP contribution in [0.2, 0.25) is 0 Å². The number of hydrogen-bond donors (Lipinski definition) is 0. The van der Waals surface area contributed by atoms with Crippen LogP contribution in [0, 0.1) is 9.49 Å². The first kappa shape index (κ1) is 12.9. The van der Waals surface area contributed by atoms with Gasteiger partial charge in [0, 0.05) is 9.49 Å². The lowest BCUT2D eigenvalue weighted by atomic mass is 9.85. The van der Waals surface area contributed by atoms with Crippen LogP contribution in [-0.4, -0.2) is 6.67 Å². The Labute approximate surface area is 105 Å². The van der Waals surface area contributed by atoms with E-state index in [0.29, 0.717) is 0 Å². The molecule has 0 fully saturated rings. The molecule has 83 valence electrons. The van der Waals surface area contributed by atoms with Crippen LogP contribution in [0.25, 0.3) is 0 Å². The first-order valence-electron chi connectivity index (χ1n) is 5.04. The second-order valence-electron chi connectivity index (χ2n) is 4.89. The van der Waals surface area contributed by atoms with Crippen molar-refractivity contribution in [1.82, 2.24) is 0 Å². The fourth-order valence-electron chi connectivity index (χ4n) is 1.35. The van der Waals surface area contributed by atoms with E-state index in [1.165, 1.54) is 9.13 Å². The largest absolute Gasteiger partial charge is 0.250 e. The third kappa shape index (κ3) is 3.44. The van der Waals surface area contributed by atoms with Crippen molar-refractivity contribution in [3.05, 3.63) is 38.8 Å². The SMILES string of the molecule is C[C](CF)c1cc(I)cc(C(C)(C)C)c1. The summed E-state index contributed by atoms with van der Waals surface area (Å²) in [5.41, 5.74) is 2.40. The number of halogens is 2. The molecule has 0 saturated heterocycles. The Kier molecular flexibility index (Phi) is 4.15. The zero-order valence-corrected chi connectivity index (χ0v) is 11.9. The maximum atomic E-state index is 12.6. The molecule has 0 aliphatic rings. The van der Waals surface area contributed by atoms with Gasteiger partial charge >= 0.3 is 0 Å². The fourth-order valence-corrected chi connectivity index (χ4v) is 2.02. The molecule has 1 aromatic rings. The highest BCUT2D eigenvalue weighted by Crippen LogP contribution is 2.28. The molecule has 0 aromatic heterocycles. The van der Waals surface area contributed by atoms with Gasteiger partial charge in [-0.3, -0.25) is 4.39 Å². The van der Waals surface area contributed by atoms with E-state index < -0.39 is 0 Å². The zero-order valence-electron chi connectivity index (χ0n) is 9.70. The first-order valence-corrected chi connectivity index (χ1v) is 6.12. The van der Waals surface area contributed by atoms with Crippen LogP contribution in [0.4, 0.5) is 4.39 Å². The summed E-state index contributed by atoms with van der Waals surface area (Å²) in [6.45, 7) is 7.99. The van der Waals surface area contributed by atoms with Gasteiger partial charge in [-0.1, -0.05) is 33.8 Å². The lowest BCUT2D eigenvalue weighted by Gasteiger charge is -2.21. The van der Waals surface area contributed by atoms with Gasteiger partial charge in [-0.05, 0) is 51.3 Å². The standard InChI is InChI=1S/C13H17FI/c1-9(8-14)10-5-11(13(2,3)4)7-12(15)6-10/h5-7H,8H2,1-4H3. The lowest BCUT2D eigenvalue weighted by Crippen LogP contribution is -2.12. The topological polar surface area (TPSA) is 0 Å². The van der Waals surface area contributed by atoms with Crippen molar-refractivity contribution in [2.24, 2.45) is 0 Å². The molecule has 0 spiro atoms. The van der Waals surface area contributed by atoms with E-state index >= 15 is 0 Å². The van der Waals surface area contributed by atoms with Gasteiger partial charge in [0.1, 0.15) is 0 Å². The molecule has 0 heterocycles. The molecule has 2 heteroatoms. The Bertz CT molecular complexity index is 339. The summed E-state index contributed by atoms with van der Waals surface area (Å²) >= 11 is 2.28. The van der Waals surface area contributed by atoms with Gasteiger partial charge in [0.2, 0.25) is 0 Å². The molecule has 1 radical (unpaired) electrons. The van der Waals surface area contributed by atoms with E-state index in [-0.39, 0.29) is 12.1 Å². The van der Waals surface area contributed by atoms with E-state index in [1.54, 1.807) is 0 Å². The molecule has 0 aliphatic carbocycles. The average molecular weight is 319 g/mol. The maximum Gasteiger partial charge on any atom is 0.0997 e. The highest BCUT2D eigenvalue weighted by atomic mass is 127. The lowest BCUT2D eigenvalue weighted by molar-refractivity contribution is 0.515. The highest BCUT2D eigenvalue weighted by Gasteiger charge is 2.16. The third-order valence-corrected chi connectivity index (χ3v) is 3.08. The number of rotatable bonds is 2. The van der Waals surface area contributed by atoms with Crippen molar-refractivity contribution in [1.29, 1.82) is 0 Å². The first-order chi connectivity index (χ1) is 6.84. The summed E-state index contributed by atoms with van der Waals surface area (Å²) < 4.78 is 13.8. The van der Waals surface area contributed by atoms with Crippen molar-refractivity contribution < 1.29 is 4.39 Å². The molecule has 0 aliphatic heterocycles. The van der Waals surface area contributed by atoms with E-state index in [2.05, 4.69) is 55.5 Å². The maximum absolute atomic E-state index is 12.6. The molecule has 0 atom stereocenters. The van der Waals surface area contributed by atoms with E-state index in [1.807, 2.05) is 13.0 Å². The van der Waals surface area contributed by atoms with Gasteiger partial charge in [0.15, 0.2) is 0 Å². The fraction of sp³-hybridized carbons (Fsp3) is 0.462. The highest BCUT2D eigenvalue weighted by molar-refractivity contribution is 14.1. The summed E-state index contributed by atoms with van der Waals surface area (Å²) in [4.78, 5) is 0.